The van der Waals surface area contributed by atoms with Crippen LogP contribution in [-0.2, 0) is 4.74 Å². The first-order chi connectivity index (χ1) is 9.09. The van der Waals surface area contributed by atoms with Gasteiger partial charge in [0.05, 0.1) is 12.7 Å². The predicted molar refractivity (Wildman–Crippen MR) is 79.3 cm³/mol. The van der Waals surface area contributed by atoms with Crippen LogP contribution in [0.25, 0.3) is 0 Å². The molecule has 1 fully saturated rings. The lowest BCUT2D eigenvalue weighted by atomic mass is 10.2. The van der Waals surface area contributed by atoms with Crippen molar-refractivity contribution in [2.24, 2.45) is 0 Å². The zero-order chi connectivity index (χ0) is 13.8. The van der Waals surface area contributed by atoms with Crippen LogP contribution in [-0.4, -0.2) is 41.1 Å². The molecule has 1 saturated carbocycles. The van der Waals surface area contributed by atoms with Gasteiger partial charge in [0.2, 0.25) is 5.95 Å². The maximum Gasteiger partial charge on any atom is 0.225 e. The molecular formula is C13H24N4OS. The standard InChI is InChI=1S/C13H24N4OS/c1-10(2)18-9-8-16(3)12-14-15-13(19)17(12)11-6-4-5-7-11/h10-11H,4-9H2,1-3H3,(H,15,19). The minimum absolute atomic E-state index is 0.268. The largest absolute Gasteiger partial charge is 0.377 e. The van der Waals surface area contributed by atoms with Crippen LogP contribution >= 0.6 is 12.2 Å². The van der Waals surface area contributed by atoms with Crippen LogP contribution in [0.4, 0.5) is 5.95 Å². The molecule has 1 N–H and O–H groups in total. The highest BCUT2D eigenvalue weighted by Crippen LogP contribution is 2.32. The quantitative estimate of drug-likeness (QED) is 0.816. The molecule has 0 saturated heterocycles. The molecule has 0 aliphatic heterocycles. The average molecular weight is 284 g/mol. The van der Waals surface area contributed by atoms with Crippen LogP contribution < -0.4 is 4.90 Å². The first kappa shape index (κ1) is 14.5. The maximum absolute atomic E-state index is 5.59. The fourth-order valence-electron chi connectivity index (χ4n) is 2.58. The molecule has 1 aromatic heterocycles. The summed E-state index contributed by atoms with van der Waals surface area (Å²) in [6.45, 7) is 5.63. The van der Waals surface area contributed by atoms with Crippen molar-refractivity contribution in [3.8, 4) is 0 Å². The van der Waals surface area contributed by atoms with Gasteiger partial charge in [0.25, 0.3) is 0 Å². The molecule has 0 aromatic carbocycles. The second kappa shape index (κ2) is 6.52. The van der Waals surface area contributed by atoms with E-state index < -0.39 is 0 Å². The number of nitrogens with one attached hydrogen (secondary N) is 1. The molecule has 5 nitrogen and oxygen atoms in total. The van der Waals surface area contributed by atoms with Crippen molar-refractivity contribution in [1.29, 1.82) is 0 Å². The Labute approximate surface area is 119 Å². The van der Waals surface area contributed by atoms with E-state index in [1.807, 2.05) is 7.05 Å². The molecule has 1 aromatic rings. The Morgan fingerprint density at radius 3 is 2.79 bits per heavy atom. The van der Waals surface area contributed by atoms with Gasteiger partial charge in [0.1, 0.15) is 0 Å². The second-order valence-electron chi connectivity index (χ2n) is 5.48. The van der Waals surface area contributed by atoms with E-state index in [2.05, 4.69) is 33.5 Å². The zero-order valence-corrected chi connectivity index (χ0v) is 12.9. The number of hydrogen-bond acceptors (Lipinski definition) is 4. The van der Waals surface area contributed by atoms with E-state index >= 15 is 0 Å². The number of likely N-dealkylation sites (N-methyl/N-ethyl adjacent to an activating group) is 1. The number of aromatic amines is 1. The molecule has 1 heterocycles. The van der Waals surface area contributed by atoms with Crippen molar-refractivity contribution in [1.82, 2.24) is 14.8 Å². The van der Waals surface area contributed by atoms with Gasteiger partial charge in [0.15, 0.2) is 4.77 Å². The predicted octanol–water partition coefficient (Wildman–Crippen LogP) is 2.92. The number of nitrogens with zero attached hydrogens (tertiary/aromatic N) is 3. The Balaban J connectivity index is 2.04. The summed E-state index contributed by atoms with van der Waals surface area (Å²) in [4.78, 5) is 2.12. The Morgan fingerprint density at radius 1 is 1.47 bits per heavy atom. The smallest absolute Gasteiger partial charge is 0.225 e. The lowest BCUT2D eigenvalue weighted by Gasteiger charge is -2.22. The third-order valence-corrected chi connectivity index (χ3v) is 3.88. The van der Waals surface area contributed by atoms with Crippen LogP contribution in [0.2, 0.25) is 0 Å². The summed E-state index contributed by atoms with van der Waals surface area (Å²) in [5, 5.41) is 7.30. The van der Waals surface area contributed by atoms with Gasteiger partial charge < -0.3 is 9.64 Å². The summed E-state index contributed by atoms with van der Waals surface area (Å²) in [6, 6.07) is 0.509. The van der Waals surface area contributed by atoms with E-state index in [4.69, 9.17) is 17.0 Å². The monoisotopic (exact) mass is 284 g/mol. The summed E-state index contributed by atoms with van der Waals surface area (Å²) in [5.74, 6) is 0.934. The molecule has 0 bridgehead atoms. The fourth-order valence-corrected chi connectivity index (χ4v) is 2.86. The minimum atomic E-state index is 0.268. The van der Waals surface area contributed by atoms with E-state index in [0.717, 1.165) is 17.3 Å². The first-order valence-corrected chi connectivity index (χ1v) is 7.50. The van der Waals surface area contributed by atoms with Gasteiger partial charge in [-0.3, -0.25) is 4.57 Å². The van der Waals surface area contributed by atoms with Crippen LogP contribution in [0, 0.1) is 4.77 Å². The van der Waals surface area contributed by atoms with Gasteiger partial charge in [-0.15, -0.1) is 5.10 Å². The number of ether oxygens (including phenoxy) is 1. The Kier molecular flexibility index (Phi) is 4.99. The molecule has 0 radical (unpaired) electrons. The molecule has 0 unspecified atom stereocenters. The third kappa shape index (κ3) is 3.57. The first-order valence-electron chi connectivity index (χ1n) is 7.09. The van der Waals surface area contributed by atoms with Gasteiger partial charge in [-0.1, -0.05) is 12.8 Å². The van der Waals surface area contributed by atoms with Crippen molar-refractivity contribution in [3.05, 3.63) is 4.77 Å². The van der Waals surface area contributed by atoms with Crippen LogP contribution in [0.15, 0.2) is 0 Å². The second-order valence-corrected chi connectivity index (χ2v) is 5.86. The summed E-state index contributed by atoms with van der Waals surface area (Å²) < 4.78 is 8.50. The van der Waals surface area contributed by atoms with Crippen molar-refractivity contribution in [2.75, 3.05) is 25.1 Å². The maximum atomic E-state index is 5.59. The van der Waals surface area contributed by atoms with E-state index in [1.165, 1.54) is 25.7 Å². The van der Waals surface area contributed by atoms with E-state index in [1.54, 1.807) is 0 Å². The van der Waals surface area contributed by atoms with Gasteiger partial charge in [-0.2, -0.15) is 0 Å². The molecule has 6 heteroatoms. The zero-order valence-electron chi connectivity index (χ0n) is 12.1. The van der Waals surface area contributed by atoms with Crippen molar-refractivity contribution in [2.45, 2.75) is 51.7 Å². The molecule has 1 aliphatic rings. The number of hydrogen-bond donors (Lipinski definition) is 1. The molecule has 0 spiro atoms. The summed E-state index contributed by atoms with van der Waals surface area (Å²) in [5.41, 5.74) is 0. The molecule has 2 rings (SSSR count). The Morgan fingerprint density at radius 2 is 2.16 bits per heavy atom. The van der Waals surface area contributed by atoms with Gasteiger partial charge >= 0.3 is 0 Å². The Hall–Kier alpha value is -0.880. The highest BCUT2D eigenvalue weighted by molar-refractivity contribution is 7.71. The summed E-state index contributed by atoms with van der Waals surface area (Å²) in [6.07, 6.45) is 5.26. The van der Waals surface area contributed by atoms with Crippen LogP contribution in [0.5, 0.6) is 0 Å². The SMILES string of the molecule is CC(C)OCCN(C)c1n[nH]c(=S)n1C1CCCC1. The van der Waals surface area contributed by atoms with Crippen molar-refractivity contribution >= 4 is 18.2 Å². The van der Waals surface area contributed by atoms with Crippen LogP contribution in [0.3, 0.4) is 0 Å². The van der Waals surface area contributed by atoms with Crippen LogP contribution in [0.1, 0.15) is 45.6 Å². The summed E-state index contributed by atoms with van der Waals surface area (Å²) >= 11 is 5.37. The Bertz CT molecular complexity index is 448. The number of anilines is 1. The lowest BCUT2D eigenvalue weighted by molar-refractivity contribution is 0.0843. The highest BCUT2D eigenvalue weighted by atomic mass is 32.1. The number of H-pyrrole nitrogens is 1. The van der Waals surface area contributed by atoms with Gasteiger partial charge in [-0.05, 0) is 38.9 Å². The fraction of sp³-hybridized carbons (Fsp3) is 0.846. The van der Waals surface area contributed by atoms with Crippen molar-refractivity contribution in [3.63, 3.8) is 0 Å². The molecule has 1 aliphatic carbocycles. The number of rotatable bonds is 6. The normalized spacial score (nSPS) is 16.4. The van der Waals surface area contributed by atoms with E-state index in [0.29, 0.717) is 12.6 Å². The average Bonchev–Trinajstić information content (AvgIpc) is 2.96. The third-order valence-electron chi connectivity index (χ3n) is 3.59. The molecule has 0 atom stereocenters. The molecule has 108 valence electrons. The highest BCUT2D eigenvalue weighted by Gasteiger charge is 2.22. The topological polar surface area (TPSA) is 46.1 Å². The van der Waals surface area contributed by atoms with E-state index in [9.17, 15) is 0 Å². The molecule has 0 amide bonds. The summed E-state index contributed by atoms with van der Waals surface area (Å²) in [7, 11) is 2.04. The lowest BCUT2D eigenvalue weighted by Crippen LogP contribution is -2.27. The van der Waals surface area contributed by atoms with E-state index in [-0.39, 0.29) is 6.10 Å². The van der Waals surface area contributed by atoms with Gasteiger partial charge in [-0.25, -0.2) is 5.10 Å². The molecular weight excluding hydrogens is 260 g/mol. The molecule has 19 heavy (non-hydrogen) atoms. The van der Waals surface area contributed by atoms with Crippen molar-refractivity contribution < 1.29 is 4.74 Å². The minimum Gasteiger partial charge on any atom is -0.377 e. The van der Waals surface area contributed by atoms with Gasteiger partial charge in [0, 0.05) is 19.6 Å². The number of aromatic nitrogens is 3.